The molecule has 4 nitrogen and oxygen atoms in total. The summed E-state index contributed by atoms with van der Waals surface area (Å²) in [7, 11) is 0. The first-order valence-corrected chi connectivity index (χ1v) is 7.22. The Hall–Kier alpha value is -2.70. The molecule has 1 atom stereocenters. The summed E-state index contributed by atoms with van der Waals surface area (Å²) >= 11 is 0. The van der Waals surface area contributed by atoms with Gasteiger partial charge in [-0.25, -0.2) is 0 Å². The lowest BCUT2D eigenvalue weighted by atomic mass is 10.1. The summed E-state index contributed by atoms with van der Waals surface area (Å²) in [5.74, 6) is 0.789. The molecule has 0 saturated heterocycles. The topological polar surface area (TPSA) is 47.6 Å². The van der Waals surface area contributed by atoms with Crippen molar-refractivity contribution in [1.29, 1.82) is 0 Å². The van der Waals surface area contributed by atoms with Crippen molar-refractivity contribution in [3.05, 3.63) is 59.2 Å². The number of rotatable bonds is 3. The van der Waals surface area contributed by atoms with E-state index in [0.717, 1.165) is 29.8 Å². The average molecular weight is 337 g/mol. The van der Waals surface area contributed by atoms with Gasteiger partial charge in [0.05, 0.1) is 11.6 Å². The van der Waals surface area contributed by atoms with E-state index in [1.165, 1.54) is 0 Å². The van der Waals surface area contributed by atoms with Gasteiger partial charge in [0.15, 0.2) is 11.5 Å². The first-order valence-electron chi connectivity index (χ1n) is 7.22. The second-order valence-corrected chi connectivity index (χ2v) is 5.38. The first-order chi connectivity index (χ1) is 11.3. The number of ether oxygens (including phenoxy) is 2. The third kappa shape index (κ3) is 3.29. The van der Waals surface area contributed by atoms with E-state index in [-0.39, 0.29) is 18.4 Å². The van der Waals surface area contributed by atoms with Crippen molar-refractivity contribution in [2.24, 2.45) is 0 Å². The maximum atomic E-state index is 12.5. The van der Waals surface area contributed by atoms with Crippen LogP contribution in [-0.4, -0.2) is 12.7 Å². The number of alkyl halides is 3. The summed E-state index contributed by atoms with van der Waals surface area (Å²) < 4.78 is 48.1. The summed E-state index contributed by atoms with van der Waals surface area (Å²) in [6.07, 6.45) is -4.42. The van der Waals surface area contributed by atoms with Gasteiger partial charge < -0.3 is 14.8 Å². The molecule has 7 heteroatoms. The van der Waals surface area contributed by atoms with Crippen LogP contribution in [0.3, 0.4) is 0 Å². The Bertz CT molecular complexity index is 757. The fraction of sp³-hybridized carbons (Fsp3) is 0.235. The average Bonchev–Trinajstić information content (AvgIpc) is 3.01. The number of amides is 1. The Labute approximate surface area is 136 Å². The van der Waals surface area contributed by atoms with Crippen LogP contribution in [0.1, 0.15) is 34.5 Å². The second kappa shape index (κ2) is 6.07. The van der Waals surface area contributed by atoms with Crippen LogP contribution in [0, 0.1) is 0 Å². The van der Waals surface area contributed by atoms with Gasteiger partial charge in [-0.2, -0.15) is 13.2 Å². The fourth-order valence-electron chi connectivity index (χ4n) is 2.36. The van der Waals surface area contributed by atoms with E-state index < -0.39 is 17.6 Å². The van der Waals surface area contributed by atoms with E-state index >= 15 is 0 Å². The van der Waals surface area contributed by atoms with Crippen LogP contribution in [0.4, 0.5) is 13.2 Å². The molecule has 1 aliphatic rings. The van der Waals surface area contributed by atoms with E-state index in [1.54, 1.807) is 25.1 Å². The van der Waals surface area contributed by atoms with Gasteiger partial charge in [-0.3, -0.25) is 4.79 Å². The highest BCUT2D eigenvalue weighted by Gasteiger charge is 2.30. The molecule has 1 unspecified atom stereocenters. The van der Waals surface area contributed by atoms with Crippen molar-refractivity contribution in [2.45, 2.75) is 19.1 Å². The molecule has 0 aromatic heterocycles. The maximum Gasteiger partial charge on any atom is 0.416 e. The molecule has 0 spiro atoms. The van der Waals surface area contributed by atoms with Crippen molar-refractivity contribution < 1.29 is 27.4 Å². The highest BCUT2D eigenvalue weighted by Crippen LogP contribution is 2.34. The predicted octanol–water partition coefficient (Wildman–Crippen LogP) is 3.93. The molecule has 1 N–H and O–H groups in total. The van der Waals surface area contributed by atoms with E-state index in [0.29, 0.717) is 11.5 Å². The van der Waals surface area contributed by atoms with Crippen LogP contribution in [0.2, 0.25) is 0 Å². The lowest BCUT2D eigenvalue weighted by Gasteiger charge is -2.15. The highest BCUT2D eigenvalue weighted by atomic mass is 19.4. The minimum Gasteiger partial charge on any atom is -0.454 e. The van der Waals surface area contributed by atoms with Gasteiger partial charge in [0.1, 0.15) is 0 Å². The van der Waals surface area contributed by atoms with Gasteiger partial charge >= 0.3 is 6.18 Å². The predicted molar refractivity (Wildman–Crippen MR) is 79.9 cm³/mol. The number of carbonyl (C=O) groups is 1. The lowest BCUT2D eigenvalue weighted by Crippen LogP contribution is -2.26. The fourth-order valence-corrected chi connectivity index (χ4v) is 2.36. The molecule has 0 radical (unpaired) electrons. The minimum absolute atomic E-state index is 0.158. The standard InChI is InChI=1S/C17H14F3NO3/c1-10(12-4-7-14-15(8-12)24-9-23-14)21-16(22)11-2-5-13(6-3-11)17(18,19)20/h2-8,10H,9H2,1H3,(H,21,22). The molecule has 24 heavy (non-hydrogen) atoms. The third-order valence-electron chi connectivity index (χ3n) is 3.72. The van der Waals surface area contributed by atoms with Crippen molar-refractivity contribution >= 4 is 5.91 Å². The maximum absolute atomic E-state index is 12.5. The summed E-state index contributed by atoms with van der Waals surface area (Å²) in [5, 5.41) is 2.75. The first kappa shape index (κ1) is 16.2. The van der Waals surface area contributed by atoms with E-state index in [4.69, 9.17) is 9.47 Å². The summed E-state index contributed by atoms with van der Waals surface area (Å²) in [6, 6.07) is 9.06. The molecular formula is C17H14F3NO3. The Morgan fingerprint density at radius 1 is 1.08 bits per heavy atom. The Morgan fingerprint density at radius 2 is 1.75 bits per heavy atom. The van der Waals surface area contributed by atoms with Gasteiger partial charge in [-0.15, -0.1) is 0 Å². The minimum atomic E-state index is -4.42. The van der Waals surface area contributed by atoms with Crippen LogP contribution < -0.4 is 14.8 Å². The summed E-state index contributed by atoms with van der Waals surface area (Å²) in [5.41, 5.74) is 0.179. The normalized spacial score (nSPS) is 14.3. The number of fused-ring (bicyclic) bond motifs is 1. The monoisotopic (exact) mass is 337 g/mol. The van der Waals surface area contributed by atoms with Crippen molar-refractivity contribution in [2.75, 3.05) is 6.79 Å². The van der Waals surface area contributed by atoms with Crippen LogP contribution in [0.15, 0.2) is 42.5 Å². The zero-order chi connectivity index (χ0) is 17.3. The van der Waals surface area contributed by atoms with Crippen molar-refractivity contribution in [3.8, 4) is 11.5 Å². The number of benzene rings is 2. The number of carbonyl (C=O) groups excluding carboxylic acids is 1. The second-order valence-electron chi connectivity index (χ2n) is 5.38. The van der Waals surface area contributed by atoms with Gasteiger partial charge in [0, 0.05) is 5.56 Å². The van der Waals surface area contributed by atoms with Crippen LogP contribution >= 0.6 is 0 Å². The zero-order valence-electron chi connectivity index (χ0n) is 12.7. The number of hydrogen-bond acceptors (Lipinski definition) is 3. The molecule has 1 amide bonds. The molecule has 1 aliphatic heterocycles. The molecule has 0 aliphatic carbocycles. The van der Waals surface area contributed by atoms with Gasteiger partial charge in [0.2, 0.25) is 6.79 Å². The van der Waals surface area contributed by atoms with E-state index in [9.17, 15) is 18.0 Å². The Morgan fingerprint density at radius 3 is 2.42 bits per heavy atom. The number of halogens is 3. The zero-order valence-corrected chi connectivity index (χ0v) is 12.7. The van der Waals surface area contributed by atoms with Crippen LogP contribution in [0.25, 0.3) is 0 Å². The van der Waals surface area contributed by atoms with E-state index in [2.05, 4.69) is 5.32 Å². The molecular weight excluding hydrogens is 323 g/mol. The van der Waals surface area contributed by atoms with Gasteiger partial charge in [-0.1, -0.05) is 6.07 Å². The number of hydrogen-bond donors (Lipinski definition) is 1. The molecule has 0 saturated carbocycles. The summed E-state index contributed by atoms with van der Waals surface area (Å²) in [6.45, 7) is 1.94. The smallest absolute Gasteiger partial charge is 0.416 e. The van der Waals surface area contributed by atoms with Crippen LogP contribution in [0.5, 0.6) is 11.5 Å². The molecule has 3 rings (SSSR count). The molecule has 1 heterocycles. The Kier molecular flexibility index (Phi) is 4.09. The lowest BCUT2D eigenvalue weighted by molar-refractivity contribution is -0.137. The van der Waals surface area contributed by atoms with Gasteiger partial charge in [-0.05, 0) is 48.9 Å². The molecule has 0 bridgehead atoms. The van der Waals surface area contributed by atoms with Crippen molar-refractivity contribution in [3.63, 3.8) is 0 Å². The van der Waals surface area contributed by atoms with Crippen molar-refractivity contribution in [1.82, 2.24) is 5.32 Å². The quantitative estimate of drug-likeness (QED) is 0.923. The highest BCUT2D eigenvalue weighted by molar-refractivity contribution is 5.94. The molecule has 2 aromatic rings. The molecule has 126 valence electrons. The molecule has 2 aromatic carbocycles. The van der Waals surface area contributed by atoms with E-state index in [1.807, 2.05) is 0 Å². The largest absolute Gasteiger partial charge is 0.454 e. The SMILES string of the molecule is CC(NC(=O)c1ccc(C(F)(F)F)cc1)c1ccc2c(c1)OCO2. The summed E-state index contributed by atoms with van der Waals surface area (Å²) in [4.78, 5) is 12.2. The number of nitrogens with one attached hydrogen (secondary N) is 1. The Balaban J connectivity index is 1.70. The van der Waals surface area contributed by atoms with Gasteiger partial charge in [0.25, 0.3) is 5.91 Å². The van der Waals surface area contributed by atoms with Crippen LogP contribution in [-0.2, 0) is 6.18 Å². The molecule has 0 fully saturated rings. The third-order valence-corrected chi connectivity index (χ3v) is 3.72.